The normalized spacial score (nSPS) is 18.1. The van der Waals surface area contributed by atoms with Gasteiger partial charge < -0.3 is 19.7 Å². The van der Waals surface area contributed by atoms with Crippen LogP contribution in [-0.4, -0.2) is 68.4 Å². The number of piperidine rings is 1. The van der Waals surface area contributed by atoms with Gasteiger partial charge in [-0.15, -0.1) is 11.3 Å². The fraction of sp³-hybridized carbons (Fsp3) is 0.480. The third-order valence-electron chi connectivity index (χ3n) is 6.66. The Morgan fingerprint density at radius 3 is 2.51 bits per heavy atom. The van der Waals surface area contributed by atoms with Crippen molar-refractivity contribution in [1.82, 2.24) is 9.21 Å². The van der Waals surface area contributed by atoms with Gasteiger partial charge in [0.25, 0.3) is 5.91 Å². The second kappa shape index (κ2) is 11.2. The van der Waals surface area contributed by atoms with Gasteiger partial charge in [-0.3, -0.25) is 4.79 Å². The summed E-state index contributed by atoms with van der Waals surface area (Å²) in [7, 11) is -2.38. The summed E-state index contributed by atoms with van der Waals surface area (Å²) in [6.45, 7) is 5.03. The number of rotatable bonds is 6. The molecule has 0 aliphatic carbocycles. The Morgan fingerprint density at radius 2 is 1.86 bits per heavy atom. The van der Waals surface area contributed by atoms with Crippen molar-refractivity contribution in [1.29, 1.82) is 0 Å². The lowest BCUT2D eigenvalue weighted by atomic mass is 10.0. The van der Waals surface area contributed by atoms with Crippen molar-refractivity contribution >= 4 is 44.3 Å². The molecule has 0 spiro atoms. The van der Waals surface area contributed by atoms with Crippen LogP contribution in [0.1, 0.15) is 64.3 Å². The number of esters is 1. The minimum atomic E-state index is -3.65. The van der Waals surface area contributed by atoms with E-state index in [2.05, 4.69) is 5.32 Å². The number of nitrogens with one attached hydrogen (secondary N) is 1. The van der Waals surface area contributed by atoms with Gasteiger partial charge in [-0.1, -0.05) is 6.42 Å². The summed E-state index contributed by atoms with van der Waals surface area (Å²) in [5, 5.41) is 3.11. The fourth-order valence-corrected chi connectivity index (χ4v) is 7.64. The Balaban J connectivity index is 1.55. The van der Waals surface area contributed by atoms with E-state index in [0.29, 0.717) is 24.5 Å². The molecular formula is C25H31N3O7S2. The molecule has 1 saturated heterocycles. The van der Waals surface area contributed by atoms with Crippen LogP contribution in [0.25, 0.3) is 0 Å². The number of hydrogen-bond acceptors (Lipinski definition) is 8. The van der Waals surface area contributed by atoms with E-state index in [1.807, 2.05) is 6.92 Å². The maximum atomic E-state index is 13.1. The number of anilines is 1. The number of amides is 2. The molecule has 0 radical (unpaired) electrons. The molecule has 2 amide bonds. The van der Waals surface area contributed by atoms with Crippen molar-refractivity contribution in [2.75, 3.05) is 32.1 Å². The lowest BCUT2D eigenvalue weighted by molar-refractivity contribution is 0.0600. The minimum absolute atomic E-state index is 0.0666. The predicted octanol–water partition coefficient (Wildman–Crippen LogP) is 3.86. The summed E-state index contributed by atoms with van der Waals surface area (Å²) in [5.74, 6) is -1.06. The first-order valence-electron chi connectivity index (χ1n) is 12.2. The van der Waals surface area contributed by atoms with Gasteiger partial charge in [-0.25, -0.2) is 18.0 Å². The SMILES string of the molecule is CCOC(=O)N1CCc2c(sc(NC(=O)c3ccc(S(=O)(=O)N4CCCC[C@@H]4C)cc3)c2C(=O)OC)C1. The van der Waals surface area contributed by atoms with Crippen molar-refractivity contribution in [3.05, 3.63) is 45.8 Å². The molecule has 1 aromatic carbocycles. The monoisotopic (exact) mass is 549 g/mol. The lowest BCUT2D eigenvalue weighted by Gasteiger charge is -2.32. The maximum Gasteiger partial charge on any atom is 0.410 e. The first kappa shape index (κ1) is 27.1. The highest BCUT2D eigenvalue weighted by atomic mass is 32.2. The van der Waals surface area contributed by atoms with Gasteiger partial charge in [-0.05, 0) is 62.9 Å². The zero-order chi connectivity index (χ0) is 26.7. The third kappa shape index (κ3) is 5.51. The first-order chi connectivity index (χ1) is 17.7. The molecule has 200 valence electrons. The summed E-state index contributed by atoms with van der Waals surface area (Å²) in [6.07, 6.45) is 2.65. The molecule has 1 N–H and O–H groups in total. The molecule has 2 aromatic rings. The molecule has 37 heavy (non-hydrogen) atoms. The summed E-state index contributed by atoms with van der Waals surface area (Å²) in [5.41, 5.74) is 1.27. The van der Waals surface area contributed by atoms with E-state index >= 15 is 0 Å². The summed E-state index contributed by atoms with van der Waals surface area (Å²) in [6, 6.07) is 5.73. The van der Waals surface area contributed by atoms with Crippen LogP contribution >= 0.6 is 11.3 Å². The molecule has 1 aromatic heterocycles. The number of fused-ring (bicyclic) bond motifs is 1. The number of ether oxygens (including phenoxy) is 2. The van der Waals surface area contributed by atoms with Crippen molar-refractivity contribution < 1.29 is 32.3 Å². The van der Waals surface area contributed by atoms with E-state index in [1.54, 1.807) is 11.8 Å². The van der Waals surface area contributed by atoms with Crippen LogP contribution in [0.5, 0.6) is 0 Å². The Hall–Kier alpha value is -2.96. The van der Waals surface area contributed by atoms with Crippen molar-refractivity contribution in [3.63, 3.8) is 0 Å². The minimum Gasteiger partial charge on any atom is -0.465 e. The fourth-order valence-electron chi connectivity index (χ4n) is 4.70. The van der Waals surface area contributed by atoms with E-state index in [1.165, 1.54) is 47.0 Å². The maximum absolute atomic E-state index is 13.1. The quantitative estimate of drug-likeness (QED) is 0.543. The number of carbonyl (C=O) groups excluding carboxylic acids is 3. The number of thiophene rings is 1. The lowest BCUT2D eigenvalue weighted by Crippen LogP contribution is -2.41. The Kier molecular flexibility index (Phi) is 8.20. The second-order valence-corrected chi connectivity index (χ2v) is 12.0. The van der Waals surface area contributed by atoms with E-state index in [0.717, 1.165) is 29.7 Å². The van der Waals surface area contributed by atoms with Gasteiger partial charge in [0.15, 0.2) is 0 Å². The third-order valence-corrected chi connectivity index (χ3v) is 9.82. The molecule has 0 unspecified atom stereocenters. The number of carbonyl (C=O) groups is 3. The Morgan fingerprint density at radius 1 is 1.14 bits per heavy atom. The smallest absolute Gasteiger partial charge is 0.410 e. The van der Waals surface area contributed by atoms with Crippen LogP contribution < -0.4 is 5.32 Å². The van der Waals surface area contributed by atoms with Crippen LogP contribution in [0.4, 0.5) is 9.80 Å². The topological polar surface area (TPSA) is 122 Å². The zero-order valence-electron chi connectivity index (χ0n) is 21.1. The second-order valence-electron chi connectivity index (χ2n) is 9.01. The largest absolute Gasteiger partial charge is 0.465 e. The van der Waals surface area contributed by atoms with Crippen LogP contribution in [0.3, 0.4) is 0 Å². The highest BCUT2D eigenvalue weighted by molar-refractivity contribution is 7.89. The highest BCUT2D eigenvalue weighted by Gasteiger charge is 2.33. The van der Waals surface area contributed by atoms with Gasteiger partial charge in [-0.2, -0.15) is 4.31 Å². The molecule has 0 saturated carbocycles. The molecule has 2 aliphatic rings. The molecule has 12 heteroatoms. The number of sulfonamides is 1. The van der Waals surface area contributed by atoms with Crippen molar-refractivity contribution in [2.45, 2.75) is 57.0 Å². The number of benzene rings is 1. The molecule has 1 fully saturated rings. The zero-order valence-corrected chi connectivity index (χ0v) is 22.7. The average molecular weight is 550 g/mol. The molecule has 3 heterocycles. The standard InChI is InChI=1S/C25H31N3O7S2/c1-4-35-25(31)27-14-12-19-20(15-27)36-23(21(19)24(30)34-3)26-22(29)17-8-10-18(11-9-17)37(32,33)28-13-6-5-7-16(28)2/h8-11,16H,4-7,12-15H2,1-3H3,(H,26,29)/t16-/m0/s1. The van der Waals surface area contributed by atoms with Gasteiger partial charge in [0.2, 0.25) is 10.0 Å². The first-order valence-corrected chi connectivity index (χ1v) is 14.5. The molecule has 1 atom stereocenters. The van der Waals surface area contributed by atoms with E-state index < -0.39 is 28.0 Å². The molecule has 2 aliphatic heterocycles. The molecular weight excluding hydrogens is 518 g/mol. The predicted molar refractivity (Wildman–Crippen MR) is 138 cm³/mol. The molecule has 0 bridgehead atoms. The van der Waals surface area contributed by atoms with E-state index in [9.17, 15) is 22.8 Å². The highest BCUT2D eigenvalue weighted by Crippen LogP contribution is 2.38. The Bertz CT molecular complexity index is 1290. The summed E-state index contributed by atoms with van der Waals surface area (Å²) in [4.78, 5) is 40.3. The van der Waals surface area contributed by atoms with Crippen LogP contribution in [0.2, 0.25) is 0 Å². The summed E-state index contributed by atoms with van der Waals surface area (Å²) < 4.78 is 37.7. The van der Waals surface area contributed by atoms with E-state index in [-0.39, 0.29) is 35.2 Å². The van der Waals surface area contributed by atoms with Crippen molar-refractivity contribution in [2.24, 2.45) is 0 Å². The van der Waals surface area contributed by atoms with Crippen molar-refractivity contribution in [3.8, 4) is 0 Å². The number of nitrogens with zero attached hydrogens (tertiary/aromatic N) is 2. The van der Waals surface area contributed by atoms with Gasteiger partial charge in [0, 0.05) is 29.6 Å². The van der Waals surface area contributed by atoms with Crippen LogP contribution in [-0.2, 0) is 32.5 Å². The molecule has 10 nitrogen and oxygen atoms in total. The number of methoxy groups -OCH3 is 1. The van der Waals surface area contributed by atoms with Crippen LogP contribution in [0.15, 0.2) is 29.2 Å². The van der Waals surface area contributed by atoms with Gasteiger partial charge in [0.05, 0.1) is 30.7 Å². The van der Waals surface area contributed by atoms with E-state index in [4.69, 9.17) is 9.47 Å². The average Bonchev–Trinajstić information content (AvgIpc) is 3.25. The number of hydrogen-bond donors (Lipinski definition) is 1. The van der Waals surface area contributed by atoms with Crippen LogP contribution in [0, 0.1) is 0 Å². The summed E-state index contributed by atoms with van der Waals surface area (Å²) >= 11 is 1.21. The Labute approximate surface area is 220 Å². The molecule has 4 rings (SSSR count). The van der Waals surface area contributed by atoms with Gasteiger partial charge >= 0.3 is 12.1 Å². The van der Waals surface area contributed by atoms with Gasteiger partial charge in [0.1, 0.15) is 5.00 Å².